The number of nitrogens with zero attached hydrogens (tertiary/aromatic N) is 4. The van der Waals surface area contributed by atoms with Crippen LogP contribution in [0.4, 0.5) is 0 Å². The van der Waals surface area contributed by atoms with Gasteiger partial charge in [-0.3, -0.25) is 4.68 Å². The molecule has 0 fully saturated rings. The Hall–Kier alpha value is -1.66. The molecule has 0 aliphatic heterocycles. The Bertz CT molecular complexity index is 518. The molecular weight excluding hydrogens is 254 g/mol. The van der Waals surface area contributed by atoms with Gasteiger partial charge in [0.1, 0.15) is 0 Å². The molecule has 2 aromatic heterocycles. The summed E-state index contributed by atoms with van der Waals surface area (Å²) in [7, 11) is 1.71. The summed E-state index contributed by atoms with van der Waals surface area (Å²) in [5, 5.41) is 7.99. The molecule has 0 amide bonds. The molecule has 110 valence electrons. The van der Waals surface area contributed by atoms with Crippen molar-refractivity contribution in [2.75, 3.05) is 20.3 Å². The van der Waals surface area contributed by atoms with E-state index in [9.17, 15) is 0 Å². The first kappa shape index (κ1) is 14.7. The van der Waals surface area contributed by atoms with E-state index in [1.807, 2.05) is 12.5 Å². The van der Waals surface area contributed by atoms with Crippen LogP contribution in [0, 0.1) is 13.8 Å². The molecule has 6 heteroatoms. The van der Waals surface area contributed by atoms with Crippen molar-refractivity contribution < 1.29 is 4.74 Å². The normalized spacial score (nSPS) is 11.2. The minimum absolute atomic E-state index is 0.729. The topological polar surface area (TPSA) is 56.9 Å². The van der Waals surface area contributed by atoms with Gasteiger partial charge in [-0.05, 0) is 13.8 Å². The number of methoxy groups -OCH3 is 1. The van der Waals surface area contributed by atoms with E-state index in [-0.39, 0.29) is 0 Å². The summed E-state index contributed by atoms with van der Waals surface area (Å²) in [6.45, 7) is 8.36. The summed E-state index contributed by atoms with van der Waals surface area (Å²) >= 11 is 0. The highest BCUT2D eigenvalue weighted by Gasteiger charge is 2.10. The summed E-state index contributed by atoms with van der Waals surface area (Å²) < 4.78 is 9.17. The SMILES string of the molecule is COCCNCc1c(C)nn(CCn2ccnc2)c1C. The van der Waals surface area contributed by atoms with Crippen molar-refractivity contribution in [1.29, 1.82) is 0 Å². The lowest BCUT2D eigenvalue weighted by molar-refractivity contribution is 0.199. The van der Waals surface area contributed by atoms with E-state index < -0.39 is 0 Å². The number of aryl methyl sites for hydroxylation is 3. The van der Waals surface area contributed by atoms with E-state index in [4.69, 9.17) is 4.74 Å². The summed E-state index contributed by atoms with van der Waals surface area (Å²) in [6, 6.07) is 0. The molecule has 2 rings (SSSR count). The molecule has 1 N–H and O–H groups in total. The second kappa shape index (κ2) is 7.21. The Morgan fingerprint density at radius 3 is 2.85 bits per heavy atom. The first-order chi connectivity index (χ1) is 9.72. The van der Waals surface area contributed by atoms with Gasteiger partial charge < -0.3 is 14.6 Å². The highest BCUT2D eigenvalue weighted by atomic mass is 16.5. The van der Waals surface area contributed by atoms with Crippen LogP contribution in [0.15, 0.2) is 18.7 Å². The van der Waals surface area contributed by atoms with E-state index in [0.29, 0.717) is 0 Å². The monoisotopic (exact) mass is 277 g/mol. The highest BCUT2D eigenvalue weighted by molar-refractivity contribution is 5.24. The van der Waals surface area contributed by atoms with Crippen molar-refractivity contribution in [2.45, 2.75) is 33.5 Å². The van der Waals surface area contributed by atoms with Crippen LogP contribution in [0.25, 0.3) is 0 Å². The molecule has 0 atom stereocenters. The smallest absolute Gasteiger partial charge is 0.0946 e. The van der Waals surface area contributed by atoms with Crippen molar-refractivity contribution in [3.63, 3.8) is 0 Å². The molecule has 0 aromatic carbocycles. The Morgan fingerprint density at radius 1 is 1.30 bits per heavy atom. The molecule has 0 spiro atoms. The Morgan fingerprint density at radius 2 is 2.15 bits per heavy atom. The van der Waals surface area contributed by atoms with E-state index in [1.165, 1.54) is 11.3 Å². The fraction of sp³-hybridized carbons (Fsp3) is 0.571. The molecule has 2 heterocycles. The van der Waals surface area contributed by atoms with Gasteiger partial charge in [0.05, 0.1) is 25.2 Å². The number of ether oxygens (including phenoxy) is 1. The summed E-state index contributed by atoms with van der Waals surface area (Å²) in [6.07, 6.45) is 5.60. The van der Waals surface area contributed by atoms with E-state index in [0.717, 1.165) is 38.5 Å². The van der Waals surface area contributed by atoms with Gasteiger partial charge >= 0.3 is 0 Å². The van der Waals surface area contributed by atoms with Crippen LogP contribution in [0.5, 0.6) is 0 Å². The fourth-order valence-corrected chi connectivity index (χ4v) is 2.22. The maximum Gasteiger partial charge on any atom is 0.0946 e. The van der Waals surface area contributed by atoms with Gasteiger partial charge in [0.15, 0.2) is 0 Å². The van der Waals surface area contributed by atoms with Crippen LogP contribution in [-0.4, -0.2) is 39.6 Å². The van der Waals surface area contributed by atoms with Crippen LogP contribution in [0.3, 0.4) is 0 Å². The van der Waals surface area contributed by atoms with Gasteiger partial charge in [-0.1, -0.05) is 0 Å². The predicted molar refractivity (Wildman–Crippen MR) is 77.5 cm³/mol. The number of hydrogen-bond acceptors (Lipinski definition) is 4. The molecule has 6 nitrogen and oxygen atoms in total. The van der Waals surface area contributed by atoms with Crippen molar-refractivity contribution in [1.82, 2.24) is 24.6 Å². The van der Waals surface area contributed by atoms with Crippen LogP contribution < -0.4 is 5.32 Å². The second-order valence-corrected chi connectivity index (χ2v) is 4.84. The van der Waals surface area contributed by atoms with Crippen LogP contribution in [-0.2, 0) is 24.4 Å². The third-order valence-corrected chi connectivity index (χ3v) is 3.45. The van der Waals surface area contributed by atoms with E-state index in [2.05, 4.69) is 38.5 Å². The number of aromatic nitrogens is 4. The molecule has 2 aromatic rings. The molecule has 0 radical (unpaired) electrons. The summed E-state index contributed by atoms with van der Waals surface area (Å²) in [5.74, 6) is 0. The average molecular weight is 277 g/mol. The van der Waals surface area contributed by atoms with Crippen LogP contribution in [0.1, 0.15) is 17.0 Å². The lowest BCUT2D eigenvalue weighted by atomic mass is 10.2. The zero-order valence-corrected chi connectivity index (χ0v) is 12.5. The fourth-order valence-electron chi connectivity index (χ4n) is 2.22. The quantitative estimate of drug-likeness (QED) is 0.735. The molecule has 0 saturated carbocycles. The van der Waals surface area contributed by atoms with Crippen LogP contribution >= 0.6 is 0 Å². The maximum atomic E-state index is 5.03. The van der Waals surface area contributed by atoms with Gasteiger partial charge in [0.25, 0.3) is 0 Å². The lowest BCUT2D eigenvalue weighted by Crippen LogP contribution is -2.19. The number of hydrogen-bond donors (Lipinski definition) is 1. The Labute approximate surface area is 119 Å². The summed E-state index contributed by atoms with van der Waals surface area (Å²) in [4.78, 5) is 4.05. The zero-order chi connectivity index (χ0) is 14.4. The molecular formula is C14H23N5O. The third kappa shape index (κ3) is 3.68. The van der Waals surface area contributed by atoms with Crippen molar-refractivity contribution in [3.05, 3.63) is 35.7 Å². The molecule has 0 saturated heterocycles. The number of imidazole rings is 1. The minimum Gasteiger partial charge on any atom is -0.383 e. The average Bonchev–Trinajstić information content (AvgIpc) is 3.03. The van der Waals surface area contributed by atoms with Crippen molar-refractivity contribution in [3.8, 4) is 0 Å². The predicted octanol–water partition coefficient (Wildman–Crippen LogP) is 1.13. The van der Waals surface area contributed by atoms with Gasteiger partial charge in [-0.15, -0.1) is 0 Å². The van der Waals surface area contributed by atoms with E-state index in [1.54, 1.807) is 13.3 Å². The van der Waals surface area contributed by atoms with Gasteiger partial charge in [-0.25, -0.2) is 4.98 Å². The van der Waals surface area contributed by atoms with E-state index >= 15 is 0 Å². The second-order valence-electron chi connectivity index (χ2n) is 4.84. The third-order valence-electron chi connectivity index (χ3n) is 3.45. The standard InChI is InChI=1S/C14H23N5O/c1-12-14(10-15-5-9-20-3)13(2)19(17-12)8-7-18-6-4-16-11-18/h4,6,11,15H,5,7-10H2,1-3H3. The Kier molecular flexibility index (Phi) is 5.31. The minimum atomic E-state index is 0.729. The zero-order valence-electron chi connectivity index (χ0n) is 12.5. The molecule has 20 heavy (non-hydrogen) atoms. The number of nitrogens with one attached hydrogen (secondary N) is 1. The summed E-state index contributed by atoms with van der Waals surface area (Å²) in [5.41, 5.74) is 3.61. The lowest BCUT2D eigenvalue weighted by Gasteiger charge is -2.07. The first-order valence-electron chi connectivity index (χ1n) is 6.90. The van der Waals surface area contributed by atoms with Gasteiger partial charge in [0, 0.05) is 50.4 Å². The van der Waals surface area contributed by atoms with Gasteiger partial charge in [-0.2, -0.15) is 5.10 Å². The molecule has 0 unspecified atom stereocenters. The molecule has 0 bridgehead atoms. The van der Waals surface area contributed by atoms with Crippen LogP contribution in [0.2, 0.25) is 0 Å². The van der Waals surface area contributed by atoms with Crippen molar-refractivity contribution in [2.24, 2.45) is 0 Å². The maximum absolute atomic E-state index is 5.03. The number of rotatable bonds is 8. The van der Waals surface area contributed by atoms with Crippen molar-refractivity contribution >= 4 is 0 Å². The molecule has 0 aliphatic carbocycles. The molecule has 0 aliphatic rings. The Balaban J connectivity index is 1.93. The first-order valence-corrected chi connectivity index (χ1v) is 6.90. The largest absolute Gasteiger partial charge is 0.383 e. The highest BCUT2D eigenvalue weighted by Crippen LogP contribution is 2.12. The van der Waals surface area contributed by atoms with Gasteiger partial charge in [0.2, 0.25) is 0 Å².